The standard InChI is InChI=1S/C13H16N2O5/c1-14-11(16)9-4-2-3-5-15(9)12(17)10-6-8(7-20-10)13(18)19/h6-7,9H,2-5H2,1H3,(H,14,16)(H,18,19). The fraction of sp³-hybridized carbons (Fsp3) is 0.462. The van der Waals surface area contributed by atoms with Crippen LogP contribution in [0.2, 0.25) is 0 Å². The molecule has 2 N–H and O–H groups in total. The molecule has 2 amide bonds. The van der Waals surface area contributed by atoms with E-state index in [4.69, 9.17) is 9.52 Å². The van der Waals surface area contributed by atoms with Crippen molar-refractivity contribution in [2.45, 2.75) is 25.3 Å². The van der Waals surface area contributed by atoms with Gasteiger partial charge in [-0.15, -0.1) is 0 Å². The summed E-state index contributed by atoms with van der Waals surface area (Å²) in [6.45, 7) is 0.458. The zero-order chi connectivity index (χ0) is 14.7. The lowest BCUT2D eigenvalue weighted by Crippen LogP contribution is -2.51. The minimum atomic E-state index is -1.16. The molecule has 0 spiro atoms. The number of nitrogens with one attached hydrogen (secondary N) is 1. The van der Waals surface area contributed by atoms with Gasteiger partial charge in [-0.2, -0.15) is 0 Å². The maximum absolute atomic E-state index is 12.3. The number of furan rings is 1. The van der Waals surface area contributed by atoms with Crippen molar-refractivity contribution in [1.82, 2.24) is 10.2 Å². The molecule has 0 aliphatic carbocycles. The van der Waals surface area contributed by atoms with Gasteiger partial charge in [-0.3, -0.25) is 9.59 Å². The molecule has 1 fully saturated rings. The van der Waals surface area contributed by atoms with Crippen LogP contribution in [-0.4, -0.2) is 47.4 Å². The van der Waals surface area contributed by atoms with E-state index in [1.807, 2.05) is 0 Å². The Morgan fingerprint density at radius 2 is 2.15 bits per heavy atom. The normalized spacial score (nSPS) is 18.6. The molecule has 1 aromatic heterocycles. The Morgan fingerprint density at radius 3 is 2.75 bits per heavy atom. The highest BCUT2D eigenvalue weighted by atomic mass is 16.4. The van der Waals surface area contributed by atoms with Crippen molar-refractivity contribution < 1.29 is 23.9 Å². The number of rotatable bonds is 3. The molecule has 0 radical (unpaired) electrons. The lowest BCUT2D eigenvalue weighted by molar-refractivity contribution is -0.126. The van der Waals surface area contributed by atoms with Gasteiger partial charge in [0, 0.05) is 19.7 Å². The Kier molecular flexibility index (Phi) is 4.07. The van der Waals surface area contributed by atoms with E-state index in [2.05, 4.69) is 5.32 Å². The predicted molar refractivity (Wildman–Crippen MR) is 68.4 cm³/mol. The van der Waals surface area contributed by atoms with E-state index in [1.54, 1.807) is 0 Å². The monoisotopic (exact) mass is 280 g/mol. The Labute approximate surface area is 115 Å². The van der Waals surface area contributed by atoms with Crippen LogP contribution in [0.3, 0.4) is 0 Å². The molecule has 108 valence electrons. The Hall–Kier alpha value is -2.31. The Balaban J connectivity index is 2.20. The van der Waals surface area contributed by atoms with Crippen LogP contribution in [0.5, 0.6) is 0 Å². The summed E-state index contributed by atoms with van der Waals surface area (Å²) < 4.78 is 5.00. The largest absolute Gasteiger partial charge is 0.478 e. The van der Waals surface area contributed by atoms with Gasteiger partial charge in [0.1, 0.15) is 12.3 Å². The molecule has 0 bridgehead atoms. The number of hydrogen-bond donors (Lipinski definition) is 2. The smallest absolute Gasteiger partial charge is 0.338 e. The number of nitrogens with zero attached hydrogens (tertiary/aromatic N) is 1. The molecular weight excluding hydrogens is 264 g/mol. The molecule has 0 saturated carbocycles. The van der Waals surface area contributed by atoms with Crippen molar-refractivity contribution in [1.29, 1.82) is 0 Å². The van der Waals surface area contributed by atoms with Crippen LogP contribution in [0, 0.1) is 0 Å². The molecule has 2 heterocycles. The van der Waals surface area contributed by atoms with Gasteiger partial charge in [-0.25, -0.2) is 4.79 Å². The van der Waals surface area contributed by atoms with Gasteiger partial charge < -0.3 is 19.7 Å². The number of likely N-dealkylation sites (tertiary alicyclic amines) is 1. The summed E-state index contributed by atoms with van der Waals surface area (Å²) in [6, 6.07) is 0.653. The van der Waals surface area contributed by atoms with Crippen molar-refractivity contribution in [3.8, 4) is 0 Å². The molecule has 1 aliphatic rings. The lowest BCUT2D eigenvalue weighted by atomic mass is 10.0. The minimum Gasteiger partial charge on any atom is -0.478 e. The van der Waals surface area contributed by atoms with Gasteiger partial charge in [0.25, 0.3) is 5.91 Å². The molecule has 20 heavy (non-hydrogen) atoms. The summed E-state index contributed by atoms with van der Waals surface area (Å²) in [5, 5.41) is 11.4. The number of carboxylic acid groups (broad SMARTS) is 1. The van der Waals surface area contributed by atoms with E-state index >= 15 is 0 Å². The molecular formula is C13H16N2O5. The van der Waals surface area contributed by atoms with Gasteiger partial charge >= 0.3 is 5.97 Å². The predicted octanol–water partition coefficient (Wildman–Crippen LogP) is 0.718. The Bertz CT molecular complexity index is 537. The number of carbonyl (C=O) groups excluding carboxylic acids is 2. The third-order valence-electron chi connectivity index (χ3n) is 3.37. The molecule has 1 atom stereocenters. The number of aromatic carboxylic acids is 1. The van der Waals surface area contributed by atoms with E-state index < -0.39 is 17.9 Å². The van der Waals surface area contributed by atoms with Crippen LogP contribution in [-0.2, 0) is 4.79 Å². The van der Waals surface area contributed by atoms with Crippen LogP contribution in [0.15, 0.2) is 16.7 Å². The topological polar surface area (TPSA) is 99.9 Å². The summed E-state index contributed by atoms with van der Waals surface area (Å²) in [6.07, 6.45) is 3.30. The number of carboxylic acids is 1. The quantitative estimate of drug-likeness (QED) is 0.849. The van der Waals surface area contributed by atoms with Crippen molar-refractivity contribution in [2.24, 2.45) is 0 Å². The second-order valence-corrected chi connectivity index (χ2v) is 4.63. The van der Waals surface area contributed by atoms with Crippen molar-refractivity contribution in [3.63, 3.8) is 0 Å². The van der Waals surface area contributed by atoms with Gasteiger partial charge in [-0.05, 0) is 19.3 Å². The summed E-state index contributed by atoms with van der Waals surface area (Å²) in [5.41, 5.74) is -0.0816. The average Bonchev–Trinajstić information content (AvgIpc) is 2.95. The van der Waals surface area contributed by atoms with E-state index in [-0.39, 0.29) is 17.2 Å². The Morgan fingerprint density at radius 1 is 1.40 bits per heavy atom. The number of carbonyl (C=O) groups is 3. The minimum absolute atomic E-state index is 0.0572. The van der Waals surface area contributed by atoms with Gasteiger partial charge in [-0.1, -0.05) is 0 Å². The highest BCUT2D eigenvalue weighted by Crippen LogP contribution is 2.21. The van der Waals surface area contributed by atoms with Crippen LogP contribution in [0.25, 0.3) is 0 Å². The third kappa shape index (κ3) is 2.66. The first-order valence-corrected chi connectivity index (χ1v) is 6.39. The molecule has 1 unspecified atom stereocenters. The van der Waals surface area contributed by atoms with E-state index in [0.29, 0.717) is 13.0 Å². The highest BCUT2D eigenvalue weighted by molar-refractivity contribution is 5.98. The zero-order valence-electron chi connectivity index (χ0n) is 11.1. The molecule has 2 rings (SSSR count). The first-order valence-electron chi connectivity index (χ1n) is 6.39. The maximum Gasteiger partial charge on any atom is 0.338 e. The summed E-state index contributed by atoms with van der Waals surface area (Å²) in [7, 11) is 1.52. The summed E-state index contributed by atoms with van der Waals surface area (Å²) in [4.78, 5) is 36.3. The van der Waals surface area contributed by atoms with E-state index in [1.165, 1.54) is 18.0 Å². The zero-order valence-corrected chi connectivity index (χ0v) is 11.1. The molecule has 7 nitrogen and oxygen atoms in total. The van der Waals surface area contributed by atoms with Gasteiger partial charge in [0.05, 0.1) is 5.56 Å². The van der Waals surface area contributed by atoms with Gasteiger partial charge in [0.15, 0.2) is 5.76 Å². The SMILES string of the molecule is CNC(=O)C1CCCCN1C(=O)c1cc(C(=O)O)co1. The van der Waals surface area contributed by atoms with Crippen molar-refractivity contribution in [2.75, 3.05) is 13.6 Å². The number of piperidine rings is 1. The van der Waals surface area contributed by atoms with Crippen LogP contribution < -0.4 is 5.32 Å². The van der Waals surface area contributed by atoms with E-state index in [9.17, 15) is 14.4 Å². The van der Waals surface area contributed by atoms with Crippen molar-refractivity contribution in [3.05, 3.63) is 23.7 Å². The molecule has 0 aromatic carbocycles. The third-order valence-corrected chi connectivity index (χ3v) is 3.37. The first-order chi connectivity index (χ1) is 9.54. The fourth-order valence-electron chi connectivity index (χ4n) is 2.32. The van der Waals surface area contributed by atoms with Crippen LogP contribution >= 0.6 is 0 Å². The maximum atomic E-state index is 12.3. The number of hydrogen-bond acceptors (Lipinski definition) is 4. The first kappa shape index (κ1) is 14.1. The highest BCUT2D eigenvalue weighted by Gasteiger charge is 2.33. The fourth-order valence-corrected chi connectivity index (χ4v) is 2.32. The molecule has 1 aromatic rings. The van der Waals surface area contributed by atoms with Crippen LogP contribution in [0.4, 0.5) is 0 Å². The number of amides is 2. The number of likely N-dealkylation sites (N-methyl/N-ethyl adjacent to an activating group) is 1. The van der Waals surface area contributed by atoms with Crippen molar-refractivity contribution >= 4 is 17.8 Å². The second-order valence-electron chi connectivity index (χ2n) is 4.63. The second kappa shape index (κ2) is 5.77. The lowest BCUT2D eigenvalue weighted by Gasteiger charge is -2.33. The molecule has 7 heteroatoms. The average molecular weight is 280 g/mol. The summed E-state index contributed by atoms with van der Waals surface area (Å²) in [5.74, 6) is -1.89. The van der Waals surface area contributed by atoms with E-state index in [0.717, 1.165) is 19.1 Å². The summed E-state index contributed by atoms with van der Waals surface area (Å²) >= 11 is 0. The van der Waals surface area contributed by atoms with Crippen LogP contribution in [0.1, 0.15) is 40.2 Å². The molecule has 1 saturated heterocycles. The molecule has 1 aliphatic heterocycles. The van der Waals surface area contributed by atoms with Gasteiger partial charge in [0.2, 0.25) is 5.91 Å².